The SMILES string of the molecule is CN(CCC(=O)O)C(=O)Nc1cc(C(F)(F)F)ccc1N(C)C. The Balaban J connectivity index is 3.00. The summed E-state index contributed by atoms with van der Waals surface area (Å²) >= 11 is 0. The minimum atomic E-state index is -4.53. The van der Waals surface area contributed by atoms with E-state index >= 15 is 0 Å². The molecule has 1 aromatic carbocycles. The lowest BCUT2D eigenvalue weighted by atomic mass is 10.1. The Kier molecular flexibility index (Phi) is 5.83. The van der Waals surface area contributed by atoms with Gasteiger partial charge >= 0.3 is 18.2 Å². The van der Waals surface area contributed by atoms with Crippen molar-refractivity contribution in [3.63, 3.8) is 0 Å². The molecule has 0 aliphatic carbocycles. The van der Waals surface area contributed by atoms with Gasteiger partial charge in [0.1, 0.15) is 0 Å². The summed E-state index contributed by atoms with van der Waals surface area (Å²) in [6.45, 7) is -0.0581. The van der Waals surface area contributed by atoms with Crippen LogP contribution in [0.2, 0.25) is 0 Å². The van der Waals surface area contributed by atoms with Crippen LogP contribution in [-0.2, 0) is 11.0 Å². The first-order valence-corrected chi connectivity index (χ1v) is 6.65. The number of hydrogen-bond acceptors (Lipinski definition) is 3. The molecule has 128 valence electrons. The maximum Gasteiger partial charge on any atom is 0.416 e. The van der Waals surface area contributed by atoms with Crippen LogP contribution < -0.4 is 10.2 Å². The topological polar surface area (TPSA) is 72.9 Å². The second-order valence-corrected chi connectivity index (χ2v) is 5.12. The molecule has 1 aromatic rings. The molecule has 6 nitrogen and oxygen atoms in total. The van der Waals surface area contributed by atoms with Gasteiger partial charge in [0.2, 0.25) is 0 Å². The molecule has 0 saturated heterocycles. The number of carbonyl (C=O) groups excluding carboxylic acids is 1. The molecule has 0 atom stereocenters. The van der Waals surface area contributed by atoms with Crippen LogP contribution in [0.5, 0.6) is 0 Å². The van der Waals surface area contributed by atoms with Gasteiger partial charge in [0, 0.05) is 27.7 Å². The normalized spacial score (nSPS) is 11.0. The molecule has 0 aliphatic rings. The highest BCUT2D eigenvalue weighted by molar-refractivity contribution is 5.93. The fourth-order valence-electron chi connectivity index (χ4n) is 1.78. The Labute approximate surface area is 131 Å². The van der Waals surface area contributed by atoms with E-state index in [0.29, 0.717) is 5.69 Å². The minimum absolute atomic E-state index is 0.00278. The van der Waals surface area contributed by atoms with Gasteiger partial charge in [-0.25, -0.2) is 4.79 Å². The molecule has 0 saturated carbocycles. The lowest BCUT2D eigenvalue weighted by Gasteiger charge is -2.22. The van der Waals surface area contributed by atoms with E-state index in [4.69, 9.17) is 5.11 Å². The highest BCUT2D eigenvalue weighted by Crippen LogP contribution is 2.34. The molecule has 0 fully saturated rings. The molecule has 0 aromatic heterocycles. The van der Waals surface area contributed by atoms with Gasteiger partial charge in [0.05, 0.1) is 23.4 Å². The summed E-state index contributed by atoms with van der Waals surface area (Å²) < 4.78 is 38.4. The molecule has 0 bridgehead atoms. The zero-order chi connectivity index (χ0) is 17.8. The third kappa shape index (κ3) is 5.35. The van der Waals surface area contributed by atoms with Crippen LogP contribution in [0.3, 0.4) is 0 Å². The van der Waals surface area contributed by atoms with E-state index in [2.05, 4.69) is 5.32 Å². The lowest BCUT2D eigenvalue weighted by Crippen LogP contribution is -2.33. The van der Waals surface area contributed by atoms with Crippen molar-refractivity contribution in [2.24, 2.45) is 0 Å². The molecule has 9 heteroatoms. The predicted molar refractivity (Wildman–Crippen MR) is 79.7 cm³/mol. The van der Waals surface area contributed by atoms with Gasteiger partial charge in [-0.3, -0.25) is 4.79 Å². The average molecular weight is 333 g/mol. The van der Waals surface area contributed by atoms with Gasteiger partial charge in [-0.15, -0.1) is 0 Å². The van der Waals surface area contributed by atoms with Crippen molar-refractivity contribution in [3.05, 3.63) is 23.8 Å². The Hall–Kier alpha value is -2.45. The van der Waals surface area contributed by atoms with Crippen LogP contribution in [0.1, 0.15) is 12.0 Å². The summed E-state index contributed by atoms with van der Waals surface area (Å²) in [5.74, 6) is -1.07. The highest BCUT2D eigenvalue weighted by Gasteiger charge is 2.31. The number of rotatable bonds is 5. The molecule has 1 rings (SSSR count). The summed E-state index contributed by atoms with van der Waals surface area (Å²) in [5.41, 5.74) is -0.485. The van der Waals surface area contributed by atoms with Gasteiger partial charge in [0.25, 0.3) is 0 Å². The van der Waals surface area contributed by atoms with Crippen molar-refractivity contribution in [3.8, 4) is 0 Å². The van der Waals surface area contributed by atoms with E-state index in [-0.39, 0.29) is 18.7 Å². The van der Waals surface area contributed by atoms with Crippen LogP contribution in [0, 0.1) is 0 Å². The monoisotopic (exact) mass is 333 g/mol. The van der Waals surface area contributed by atoms with Gasteiger partial charge < -0.3 is 20.2 Å². The van der Waals surface area contributed by atoms with Gasteiger partial charge in [0.15, 0.2) is 0 Å². The number of hydrogen-bond donors (Lipinski definition) is 2. The third-order valence-corrected chi connectivity index (χ3v) is 3.06. The summed E-state index contributed by atoms with van der Waals surface area (Å²) in [6, 6.07) is 2.35. The smallest absolute Gasteiger partial charge is 0.416 e. The van der Waals surface area contributed by atoms with E-state index in [9.17, 15) is 22.8 Å². The number of nitrogens with one attached hydrogen (secondary N) is 1. The predicted octanol–water partition coefficient (Wildman–Crippen LogP) is 2.71. The van der Waals surface area contributed by atoms with Crippen molar-refractivity contribution in [2.45, 2.75) is 12.6 Å². The van der Waals surface area contributed by atoms with Gasteiger partial charge in [-0.05, 0) is 18.2 Å². The number of halogens is 3. The van der Waals surface area contributed by atoms with Crippen LogP contribution >= 0.6 is 0 Å². The van der Waals surface area contributed by atoms with Crippen LogP contribution in [-0.4, -0.2) is 49.7 Å². The Morgan fingerprint density at radius 3 is 2.30 bits per heavy atom. The lowest BCUT2D eigenvalue weighted by molar-refractivity contribution is -0.138. The number of amides is 2. The fraction of sp³-hybridized carbons (Fsp3) is 0.429. The zero-order valence-electron chi connectivity index (χ0n) is 12.9. The average Bonchev–Trinajstić information content (AvgIpc) is 2.43. The first kappa shape index (κ1) is 18.6. The summed E-state index contributed by atoms with van der Waals surface area (Å²) in [7, 11) is 4.63. The fourth-order valence-corrected chi connectivity index (χ4v) is 1.78. The van der Waals surface area contributed by atoms with E-state index in [0.717, 1.165) is 17.0 Å². The number of aliphatic carboxylic acids is 1. The zero-order valence-corrected chi connectivity index (χ0v) is 12.9. The highest BCUT2D eigenvalue weighted by atomic mass is 19.4. The number of nitrogens with zero attached hydrogens (tertiary/aromatic N) is 2. The molecule has 2 amide bonds. The number of urea groups is 1. The molecular weight excluding hydrogens is 315 g/mol. The first-order chi connectivity index (χ1) is 10.5. The largest absolute Gasteiger partial charge is 0.481 e. The van der Waals surface area contributed by atoms with Crippen molar-refractivity contribution < 1.29 is 27.9 Å². The Morgan fingerprint density at radius 1 is 1.22 bits per heavy atom. The Morgan fingerprint density at radius 2 is 1.83 bits per heavy atom. The third-order valence-electron chi connectivity index (χ3n) is 3.06. The van der Waals surface area contributed by atoms with E-state index < -0.39 is 23.7 Å². The summed E-state index contributed by atoms with van der Waals surface area (Å²) in [5, 5.41) is 11.0. The van der Waals surface area contributed by atoms with Crippen molar-refractivity contribution in [1.82, 2.24) is 4.90 Å². The van der Waals surface area contributed by atoms with E-state index in [1.54, 1.807) is 19.0 Å². The maximum atomic E-state index is 12.8. The number of carboxylic acid groups (broad SMARTS) is 1. The number of anilines is 2. The van der Waals surface area contributed by atoms with Crippen molar-refractivity contribution >= 4 is 23.4 Å². The van der Waals surface area contributed by atoms with Crippen LogP contribution in [0.25, 0.3) is 0 Å². The van der Waals surface area contributed by atoms with Gasteiger partial charge in [-0.1, -0.05) is 0 Å². The van der Waals surface area contributed by atoms with E-state index in [1.165, 1.54) is 13.1 Å². The first-order valence-electron chi connectivity index (χ1n) is 6.65. The second-order valence-electron chi connectivity index (χ2n) is 5.12. The molecule has 0 heterocycles. The molecule has 2 N–H and O–H groups in total. The number of carboxylic acids is 1. The molecular formula is C14H18F3N3O3. The van der Waals surface area contributed by atoms with Crippen LogP contribution in [0.4, 0.5) is 29.3 Å². The quantitative estimate of drug-likeness (QED) is 0.869. The van der Waals surface area contributed by atoms with Crippen molar-refractivity contribution in [2.75, 3.05) is 37.9 Å². The molecule has 0 aliphatic heterocycles. The van der Waals surface area contributed by atoms with E-state index in [1.807, 2.05) is 0 Å². The van der Waals surface area contributed by atoms with Gasteiger partial charge in [-0.2, -0.15) is 13.2 Å². The standard InChI is InChI=1S/C14H18F3N3O3/c1-19(2)11-5-4-9(14(15,16)17)8-10(11)18-13(23)20(3)7-6-12(21)22/h4-5,8H,6-7H2,1-3H3,(H,18,23)(H,21,22). The Bertz CT molecular complexity index is 588. The molecule has 0 radical (unpaired) electrons. The van der Waals surface area contributed by atoms with Crippen molar-refractivity contribution in [1.29, 1.82) is 0 Å². The maximum absolute atomic E-state index is 12.8. The minimum Gasteiger partial charge on any atom is -0.481 e. The molecule has 0 spiro atoms. The number of benzene rings is 1. The second kappa shape index (κ2) is 7.21. The number of carbonyl (C=O) groups is 2. The molecule has 23 heavy (non-hydrogen) atoms. The summed E-state index contributed by atoms with van der Waals surface area (Å²) in [6.07, 6.45) is -4.79. The summed E-state index contributed by atoms with van der Waals surface area (Å²) in [4.78, 5) is 25.1. The van der Waals surface area contributed by atoms with Crippen LogP contribution in [0.15, 0.2) is 18.2 Å². The number of alkyl halides is 3. The molecule has 0 unspecified atom stereocenters.